The van der Waals surface area contributed by atoms with Crippen LogP contribution in [0, 0.1) is 20.8 Å². The summed E-state index contributed by atoms with van der Waals surface area (Å²) in [6, 6.07) is 14.3. The van der Waals surface area contributed by atoms with E-state index in [2.05, 4.69) is 48.2 Å². The summed E-state index contributed by atoms with van der Waals surface area (Å²) in [5, 5.41) is 3.23. The van der Waals surface area contributed by atoms with Gasteiger partial charge >= 0.3 is 155 Å². The van der Waals surface area contributed by atoms with Gasteiger partial charge in [0.05, 0.1) is 0 Å². The molecule has 124 valence electrons. The number of benzene rings is 2. The van der Waals surface area contributed by atoms with Gasteiger partial charge in [-0.1, -0.05) is 0 Å². The van der Waals surface area contributed by atoms with Gasteiger partial charge in [0.15, 0.2) is 0 Å². The van der Waals surface area contributed by atoms with Crippen LogP contribution in [0.5, 0.6) is 0 Å². The molecule has 0 atom stereocenters. The van der Waals surface area contributed by atoms with Gasteiger partial charge in [0, 0.05) is 0 Å². The summed E-state index contributed by atoms with van der Waals surface area (Å²) in [5.74, 6) is 0.397. The molecular formula is C19H21N4W-. The third-order valence-corrected chi connectivity index (χ3v) is 5.15. The van der Waals surface area contributed by atoms with E-state index >= 15 is 0 Å². The van der Waals surface area contributed by atoms with E-state index in [9.17, 15) is 0 Å². The molecule has 0 amide bonds. The predicted molar refractivity (Wildman–Crippen MR) is 100 cm³/mol. The third kappa shape index (κ3) is 4.48. The molecule has 0 aliphatic rings. The first kappa shape index (κ1) is 18.3. The van der Waals surface area contributed by atoms with E-state index in [1.807, 2.05) is 42.3 Å². The first-order valence-corrected chi connectivity index (χ1v) is 9.06. The minimum atomic E-state index is 0.397. The van der Waals surface area contributed by atoms with Gasteiger partial charge in [-0.25, -0.2) is 0 Å². The van der Waals surface area contributed by atoms with Crippen LogP contribution in [0.25, 0.3) is 0 Å². The number of hydrogen-bond donors (Lipinski definition) is 1. The topological polar surface area (TPSA) is 40.0 Å². The van der Waals surface area contributed by atoms with Crippen molar-refractivity contribution in [1.29, 1.82) is 0 Å². The number of anilines is 2. The number of guanidine groups is 1. The summed E-state index contributed by atoms with van der Waals surface area (Å²) in [6.07, 6.45) is 0. The molecule has 0 spiro atoms. The van der Waals surface area contributed by atoms with Gasteiger partial charge in [-0.15, -0.1) is 0 Å². The molecule has 0 unspecified atom stereocenters. The van der Waals surface area contributed by atoms with E-state index in [0.717, 1.165) is 21.1 Å². The Morgan fingerprint density at radius 3 is 2.29 bits per heavy atom. The Kier molecular flexibility index (Phi) is 6.22. The second kappa shape index (κ2) is 8.16. The number of nitrogens with one attached hydrogen (secondary N) is 1. The molecule has 0 heterocycles. The number of nitrogens with zero attached hydrogens (tertiary/aromatic N) is 3. The number of rotatable bonds is 4. The van der Waals surface area contributed by atoms with Crippen LogP contribution in [0.2, 0.25) is 0 Å². The Labute approximate surface area is 154 Å². The Morgan fingerprint density at radius 2 is 1.67 bits per heavy atom. The molecule has 2 aromatic rings. The van der Waals surface area contributed by atoms with E-state index in [0.29, 0.717) is 5.96 Å². The molecule has 0 fully saturated rings. The van der Waals surface area contributed by atoms with Crippen molar-refractivity contribution in [2.24, 2.45) is 9.98 Å². The van der Waals surface area contributed by atoms with Crippen LogP contribution in [0.15, 0.2) is 52.4 Å². The molecule has 1 N–H and O–H groups in total. The Morgan fingerprint density at radius 1 is 1.04 bits per heavy atom. The summed E-state index contributed by atoms with van der Waals surface area (Å²) in [4.78, 5) is 10.4. The number of hydrogen-bond acceptors (Lipinski definition) is 2. The van der Waals surface area contributed by atoms with Crippen molar-refractivity contribution in [3.05, 3.63) is 59.2 Å². The number of aliphatic imine (C=N–C) groups is 2. The maximum atomic E-state index is 5.53. The van der Waals surface area contributed by atoms with E-state index in [1.165, 1.54) is 30.5 Å². The molecule has 0 saturated carbocycles. The summed E-state index contributed by atoms with van der Waals surface area (Å²) in [6.45, 7) is 11.8. The Bertz CT molecular complexity index is 781. The van der Waals surface area contributed by atoms with Crippen LogP contribution >= 0.6 is 0 Å². The molecule has 0 saturated heterocycles. The Balaban J connectivity index is 2.22. The van der Waals surface area contributed by atoms with Gasteiger partial charge in [0.1, 0.15) is 0 Å². The quantitative estimate of drug-likeness (QED) is 0.404. The number of para-hydroxylation sites is 1. The summed E-state index contributed by atoms with van der Waals surface area (Å²) < 4.78 is 0.874. The van der Waals surface area contributed by atoms with Crippen LogP contribution in [-0.4, -0.2) is 23.9 Å². The summed E-state index contributed by atoms with van der Waals surface area (Å²) in [7, 11) is 1.98. The molecule has 0 aromatic heterocycles. The fraction of sp³-hybridized carbons (Fsp3) is 0.211. The molecule has 24 heavy (non-hydrogen) atoms. The first-order chi connectivity index (χ1) is 11.4. The second-order valence-corrected chi connectivity index (χ2v) is 6.93. The maximum absolute atomic E-state index is 5.53. The van der Waals surface area contributed by atoms with Crippen molar-refractivity contribution >= 4 is 28.2 Å². The molecule has 2 aromatic carbocycles. The molecular weight excluding hydrogens is 468 g/mol. The fourth-order valence-corrected chi connectivity index (χ4v) is 2.92. The van der Waals surface area contributed by atoms with E-state index in [-0.39, 0.29) is 0 Å². The molecule has 0 bridgehead atoms. The van der Waals surface area contributed by atoms with Crippen molar-refractivity contribution in [3.63, 3.8) is 0 Å². The monoisotopic (exact) mass is 489 g/mol. The van der Waals surface area contributed by atoms with Crippen LogP contribution in [0.3, 0.4) is 0 Å². The van der Waals surface area contributed by atoms with Crippen molar-refractivity contribution in [2.75, 3.05) is 17.3 Å². The van der Waals surface area contributed by atoms with Gasteiger partial charge in [-0.3, -0.25) is 0 Å². The molecule has 2 rings (SSSR count). The molecule has 4 nitrogen and oxygen atoms in total. The molecule has 5 heteroatoms. The summed E-state index contributed by atoms with van der Waals surface area (Å²) in [5.41, 5.74) is 5.65. The fourth-order valence-electron chi connectivity index (χ4n) is 2.23. The van der Waals surface area contributed by atoms with Crippen LogP contribution in [0.1, 0.15) is 16.7 Å². The third-order valence-electron chi connectivity index (χ3n) is 3.84. The van der Waals surface area contributed by atoms with Gasteiger partial charge in [-0.05, 0) is 0 Å². The number of aryl methyl sites for hydroxylation is 3. The Hall–Kier alpha value is -2.06. The van der Waals surface area contributed by atoms with Gasteiger partial charge in [0.25, 0.3) is 0 Å². The first-order valence-electron chi connectivity index (χ1n) is 7.59. The van der Waals surface area contributed by atoms with E-state index < -0.39 is 0 Å². The van der Waals surface area contributed by atoms with Crippen LogP contribution < -0.4 is 10.2 Å². The zero-order valence-electron chi connectivity index (χ0n) is 14.4. The van der Waals surface area contributed by atoms with Gasteiger partial charge in [0.2, 0.25) is 0 Å². The van der Waals surface area contributed by atoms with Gasteiger partial charge < -0.3 is 0 Å². The van der Waals surface area contributed by atoms with E-state index in [4.69, 9.17) is 6.72 Å². The standard InChI is InChI=1S/C19H21N4.W/c1-14-11-16(3)18(12-15(14)2)22-19(20-4)21-13-23(5)17-9-7-6-8-10-17;/h4,6-12H,1-3,5H3,(H,21,22);/q-1;. The van der Waals surface area contributed by atoms with Crippen molar-refractivity contribution in [2.45, 2.75) is 20.8 Å². The average Bonchev–Trinajstić information content (AvgIpc) is 2.58. The van der Waals surface area contributed by atoms with Crippen LogP contribution in [0.4, 0.5) is 11.4 Å². The van der Waals surface area contributed by atoms with E-state index in [1.54, 1.807) is 0 Å². The van der Waals surface area contributed by atoms with Gasteiger partial charge in [-0.2, -0.15) is 0 Å². The molecule has 0 radical (unpaired) electrons. The van der Waals surface area contributed by atoms with Crippen molar-refractivity contribution < 1.29 is 19.4 Å². The minimum absolute atomic E-state index is 0.397. The zero-order valence-corrected chi connectivity index (χ0v) is 17.3. The van der Waals surface area contributed by atoms with Crippen LogP contribution in [-0.2, 0) is 19.4 Å². The second-order valence-electron chi connectivity index (χ2n) is 5.62. The average molecular weight is 489 g/mol. The zero-order chi connectivity index (χ0) is 17.7. The normalized spacial score (nSPS) is 11.1. The molecule has 0 aliphatic carbocycles. The SMILES string of the molecule is [CH-]=N/C(=N\[C](=[W])N(C)c1ccccc1)Nc1cc(C)c(C)cc1C. The summed E-state index contributed by atoms with van der Waals surface area (Å²) >= 11 is 1.23. The van der Waals surface area contributed by atoms with Crippen molar-refractivity contribution in [3.8, 4) is 0 Å². The van der Waals surface area contributed by atoms with Crippen molar-refractivity contribution in [1.82, 2.24) is 0 Å². The molecule has 0 aliphatic heterocycles. The predicted octanol–water partition coefficient (Wildman–Crippen LogP) is 3.73.